The molecule has 58 heavy (non-hydrogen) atoms. The van der Waals surface area contributed by atoms with Crippen LogP contribution in [0, 0.1) is 17.8 Å². The molecule has 2 heterocycles. The van der Waals surface area contributed by atoms with Crippen LogP contribution in [0.15, 0.2) is 12.5 Å². The van der Waals surface area contributed by atoms with Crippen molar-refractivity contribution in [1.29, 1.82) is 0 Å². The van der Waals surface area contributed by atoms with Gasteiger partial charge in [-0.2, -0.15) is 0 Å². The minimum absolute atomic E-state index is 0.0505. The Morgan fingerprint density at radius 2 is 1.69 bits per heavy atom. The van der Waals surface area contributed by atoms with Gasteiger partial charge in [0, 0.05) is 51.4 Å². The normalized spacial score (nSPS) is 17.6. The van der Waals surface area contributed by atoms with Crippen LogP contribution < -0.4 is 16.4 Å². The van der Waals surface area contributed by atoms with Crippen molar-refractivity contribution in [2.75, 3.05) is 46.7 Å². The van der Waals surface area contributed by atoms with Crippen molar-refractivity contribution in [3.8, 4) is 0 Å². The number of carbonyl (C=O) groups is 6. The van der Waals surface area contributed by atoms with Crippen LogP contribution in [0.4, 0.5) is 0 Å². The van der Waals surface area contributed by atoms with Crippen LogP contribution in [0.5, 0.6) is 0 Å². The van der Waals surface area contributed by atoms with Gasteiger partial charge in [-0.1, -0.05) is 13.8 Å². The van der Waals surface area contributed by atoms with E-state index in [1.165, 1.54) is 24.5 Å². The summed E-state index contributed by atoms with van der Waals surface area (Å²) in [7, 11) is -3.56. The quantitative estimate of drug-likeness (QED) is 0.0331. The van der Waals surface area contributed by atoms with Crippen LogP contribution in [-0.2, 0) is 60.3 Å². The Morgan fingerprint density at radius 1 is 1.00 bits per heavy atom. The maximum Gasteiger partial charge on any atom is 0.469 e. The van der Waals surface area contributed by atoms with Crippen molar-refractivity contribution in [2.45, 2.75) is 109 Å². The zero-order valence-electron chi connectivity index (χ0n) is 33.6. The van der Waals surface area contributed by atoms with Crippen molar-refractivity contribution in [1.82, 2.24) is 25.1 Å². The average molecular weight is 849 g/mol. The van der Waals surface area contributed by atoms with Crippen LogP contribution in [0.1, 0.15) is 71.4 Å². The molecule has 0 bridgehead atoms. The van der Waals surface area contributed by atoms with E-state index >= 15 is 0 Å². The SMILES string of the molecule is COCCOCCC(=O)N1CCC[C@H]1C(=O)N[C@@H](CC(C)C)C(=O)C[C@@H](Cc1cncn1CC[C@H](O)CO)C(=O)N[C@@H](CO)C(=O)C[C@H](C(N)=O)[C@@H](C)OP(=O)(O)O. The lowest BCUT2D eigenvalue weighted by atomic mass is 9.89. The highest BCUT2D eigenvalue weighted by molar-refractivity contribution is 7.46. The van der Waals surface area contributed by atoms with E-state index in [0.717, 1.165) is 6.92 Å². The number of amides is 4. The van der Waals surface area contributed by atoms with E-state index in [1.807, 2.05) is 13.8 Å². The van der Waals surface area contributed by atoms with Crippen LogP contribution >= 0.6 is 7.82 Å². The smallest absolute Gasteiger partial charge is 0.394 e. The molecule has 7 atom stereocenters. The summed E-state index contributed by atoms with van der Waals surface area (Å²) in [6.45, 7) is 4.71. The maximum atomic E-state index is 14.1. The number of phosphoric ester groups is 1. The highest BCUT2D eigenvalue weighted by atomic mass is 31.2. The molecule has 1 aliphatic rings. The number of aromatic nitrogens is 2. The zero-order chi connectivity index (χ0) is 43.6. The minimum atomic E-state index is -5.09. The number of primary amides is 1. The molecule has 0 aliphatic carbocycles. The van der Waals surface area contributed by atoms with Crippen LogP contribution in [0.3, 0.4) is 0 Å². The minimum Gasteiger partial charge on any atom is -0.394 e. The van der Waals surface area contributed by atoms with Crippen molar-refractivity contribution in [2.24, 2.45) is 23.5 Å². The predicted octanol–water partition coefficient (Wildman–Crippen LogP) is -1.65. The summed E-state index contributed by atoms with van der Waals surface area (Å²) in [5.41, 5.74) is 5.82. The standard InChI is InChI=1S/C36H61N6O15P/c1-22(2)14-28(39-36(51)30-6-5-9-42(30)33(48)8-11-56-13-12-55-4)31(46)16-24(15-25-18-38-21-41(25)10-7-26(45)19-43)35(50)40-29(20-44)32(47)17-27(34(37)49)23(3)57-58(52,53)54/h18,21-24,26-30,43-45H,5-17,19-20H2,1-4H3,(H2,37,49)(H,39,51)(H,40,50)(H2,52,53,54)/t23-,24-,26+,27+,28+,29+,30+/m1/s1. The number of aliphatic hydroxyl groups excluding tert-OH is 3. The van der Waals surface area contributed by atoms with E-state index in [9.17, 15) is 58.4 Å². The van der Waals surface area contributed by atoms with Gasteiger partial charge in [-0.25, -0.2) is 9.55 Å². The molecule has 2 rings (SSSR count). The summed E-state index contributed by atoms with van der Waals surface area (Å²) in [5, 5.41) is 34.6. The van der Waals surface area contributed by atoms with Crippen molar-refractivity contribution >= 4 is 43.0 Å². The third-order valence-corrected chi connectivity index (χ3v) is 10.3. The Labute approximate surface area is 337 Å². The van der Waals surface area contributed by atoms with Gasteiger partial charge in [-0.3, -0.25) is 33.3 Å². The second-order valence-corrected chi connectivity index (χ2v) is 16.0. The van der Waals surface area contributed by atoms with Crippen molar-refractivity contribution in [3.63, 3.8) is 0 Å². The number of aliphatic hydroxyl groups is 3. The highest BCUT2D eigenvalue weighted by Gasteiger charge is 2.38. The molecule has 1 saturated heterocycles. The zero-order valence-corrected chi connectivity index (χ0v) is 34.5. The number of hydrogen-bond acceptors (Lipinski definition) is 14. The number of aryl methyl sites for hydroxylation is 1. The molecule has 0 aromatic carbocycles. The molecule has 1 aromatic heterocycles. The first-order valence-corrected chi connectivity index (χ1v) is 20.8. The molecule has 1 fully saturated rings. The van der Waals surface area contributed by atoms with Gasteiger partial charge < -0.3 is 60.4 Å². The lowest BCUT2D eigenvalue weighted by Gasteiger charge is -2.28. The second kappa shape index (κ2) is 25.1. The number of nitrogens with one attached hydrogen (secondary N) is 2. The molecular weight excluding hydrogens is 787 g/mol. The van der Waals surface area contributed by atoms with Gasteiger partial charge in [0.15, 0.2) is 11.6 Å². The van der Waals surface area contributed by atoms with E-state index in [4.69, 9.17) is 15.2 Å². The summed E-state index contributed by atoms with van der Waals surface area (Å²) >= 11 is 0. The first-order chi connectivity index (χ1) is 27.3. The van der Waals surface area contributed by atoms with Crippen LogP contribution in [0.25, 0.3) is 0 Å². The lowest BCUT2D eigenvalue weighted by Crippen LogP contribution is -2.52. The topological polar surface area (TPSA) is 319 Å². The Hall–Kier alpha value is -3.66. The maximum absolute atomic E-state index is 14.1. The molecule has 0 spiro atoms. The Morgan fingerprint density at radius 3 is 2.29 bits per heavy atom. The molecule has 0 saturated carbocycles. The Bertz CT molecular complexity index is 1550. The first-order valence-electron chi connectivity index (χ1n) is 19.3. The third kappa shape index (κ3) is 17.3. The molecule has 21 nitrogen and oxygen atoms in total. The van der Waals surface area contributed by atoms with E-state index in [1.54, 1.807) is 4.57 Å². The van der Waals surface area contributed by atoms with Crippen molar-refractivity contribution < 1.29 is 72.4 Å². The number of nitrogens with zero attached hydrogens (tertiary/aromatic N) is 3. The molecule has 0 unspecified atom stereocenters. The molecule has 0 radical (unpaired) electrons. The number of imidazole rings is 1. The number of likely N-dealkylation sites (tertiary alicyclic amines) is 1. The monoisotopic (exact) mass is 848 g/mol. The number of ether oxygens (including phenoxy) is 2. The molecule has 1 aromatic rings. The van der Waals surface area contributed by atoms with E-state index < -0.39 is 105 Å². The second-order valence-electron chi connectivity index (χ2n) is 14.8. The van der Waals surface area contributed by atoms with Crippen LogP contribution in [-0.4, -0.2) is 152 Å². The molecule has 330 valence electrons. The molecule has 22 heteroatoms. The largest absolute Gasteiger partial charge is 0.469 e. The number of methoxy groups -OCH3 is 1. The fourth-order valence-corrected chi connectivity index (χ4v) is 7.13. The van der Waals surface area contributed by atoms with Gasteiger partial charge in [0.05, 0.1) is 75.9 Å². The van der Waals surface area contributed by atoms with Gasteiger partial charge >= 0.3 is 7.82 Å². The highest BCUT2D eigenvalue weighted by Crippen LogP contribution is 2.39. The van der Waals surface area contributed by atoms with Gasteiger partial charge in [0.1, 0.15) is 12.1 Å². The summed E-state index contributed by atoms with van der Waals surface area (Å²) in [6.07, 6.45) is 0.253. The summed E-state index contributed by atoms with van der Waals surface area (Å²) in [5.74, 6) is -7.13. The summed E-state index contributed by atoms with van der Waals surface area (Å²) in [6, 6.07) is -3.54. The first kappa shape index (κ1) is 50.5. The molecule has 9 N–H and O–H groups in total. The van der Waals surface area contributed by atoms with Gasteiger partial charge in [-0.15, -0.1) is 0 Å². The van der Waals surface area contributed by atoms with Crippen LogP contribution in [0.2, 0.25) is 0 Å². The number of nitrogens with two attached hydrogens (primary N) is 1. The average Bonchev–Trinajstić information content (AvgIpc) is 3.83. The Kier molecular flexibility index (Phi) is 21.8. The summed E-state index contributed by atoms with van der Waals surface area (Å²) in [4.78, 5) is 104. The Balaban J connectivity index is 2.34. The summed E-state index contributed by atoms with van der Waals surface area (Å²) < 4.78 is 27.9. The number of rotatable bonds is 29. The third-order valence-electron chi connectivity index (χ3n) is 9.71. The van der Waals surface area contributed by atoms with Gasteiger partial charge in [0.2, 0.25) is 23.6 Å². The lowest BCUT2D eigenvalue weighted by molar-refractivity contribution is -0.140. The number of carbonyl (C=O) groups excluding carboxylic acids is 6. The van der Waals surface area contributed by atoms with Gasteiger partial charge in [0.25, 0.3) is 0 Å². The predicted molar refractivity (Wildman–Crippen MR) is 204 cm³/mol. The number of ketones is 2. The number of phosphoric acid groups is 1. The molecule has 1 aliphatic heterocycles. The van der Waals surface area contributed by atoms with E-state index in [-0.39, 0.29) is 50.7 Å². The van der Waals surface area contributed by atoms with Crippen molar-refractivity contribution in [3.05, 3.63) is 18.2 Å². The van der Waals surface area contributed by atoms with E-state index in [0.29, 0.717) is 38.3 Å². The fraction of sp³-hybridized carbons (Fsp3) is 0.750. The fourth-order valence-electron chi connectivity index (χ4n) is 6.55. The van der Waals surface area contributed by atoms with Gasteiger partial charge in [-0.05, 0) is 38.5 Å². The molecular formula is C36H61N6O15P. The molecule has 4 amide bonds. The number of hydrogen-bond donors (Lipinski definition) is 8. The number of Topliss-reactive ketones (excluding diaryl/α,β-unsaturated/α-hetero) is 2. The van der Waals surface area contributed by atoms with E-state index in [2.05, 4.69) is 20.1 Å².